The number of aliphatic hydroxyl groups excluding tert-OH is 1. The normalized spacial score (nSPS) is 15.7. The molecular weight excluding hydrogens is 336 g/mol. The van der Waals surface area contributed by atoms with Crippen LogP contribution in [0.1, 0.15) is 29.5 Å². The molecule has 27 heavy (non-hydrogen) atoms. The minimum absolute atomic E-state index is 0.141. The van der Waals surface area contributed by atoms with Gasteiger partial charge in [-0.25, -0.2) is 0 Å². The number of benzene rings is 2. The van der Waals surface area contributed by atoms with E-state index in [4.69, 9.17) is 10.8 Å². The zero-order valence-corrected chi connectivity index (χ0v) is 15.5. The monoisotopic (exact) mass is 362 g/mol. The van der Waals surface area contributed by atoms with E-state index in [0.717, 1.165) is 43.5 Å². The van der Waals surface area contributed by atoms with Gasteiger partial charge in [-0.3, -0.25) is 4.79 Å². The molecule has 0 aliphatic carbocycles. The van der Waals surface area contributed by atoms with Crippen LogP contribution in [0.25, 0.3) is 0 Å². The number of hydrogen-bond acceptors (Lipinski definition) is 3. The predicted octanol–water partition coefficient (Wildman–Crippen LogP) is 2.19. The van der Waals surface area contributed by atoms with Crippen LogP contribution in [-0.4, -0.2) is 41.7 Å². The number of nitrogens with zero attached hydrogens (tertiary/aromatic N) is 1. The molecule has 4 nitrogen and oxygen atoms in total. The van der Waals surface area contributed by atoms with Crippen molar-refractivity contribution in [1.29, 1.82) is 0 Å². The first-order chi connectivity index (χ1) is 13.2. The summed E-state index contributed by atoms with van der Waals surface area (Å²) < 4.78 is 0. The lowest BCUT2D eigenvalue weighted by Gasteiger charge is -2.33. The van der Waals surface area contributed by atoms with Crippen molar-refractivity contribution in [2.45, 2.75) is 25.3 Å². The molecule has 4 heteroatoms. The Labute approximate surface area is 161 Å². The number of carbonyl (C=O) groups excluding carboxylic acids is 1. The van der Waals surface area contributed by atoms with E-state index in [1.165, 1.54) is 5.56 Å². The van der Waals surface area contributed by atoms with Crippen molar-refractivity contribution in [3.8, 4) is 11.8 Å². The summed E-state index contributed by atoms with van der Waals surface area (Å²) >= 11 is 0. The highest BCUT2D eigenvalue weighted by Gasteiger charge is 2.25. The van der Waals surface area contributed by atoms with E-state index in [2.05, 4.69) is 36.1 Å². The Hall–Kier alpha value is -2.61. The van der Waals surface area contributed by atoms with Crippen LogP contribution in [0.2, 0.25) is 0 Å². The van der Waals surface area contributed by atoms with Crippen molar-refractivity contribution in [2.75, 3.05) is 19.7 Å². The zero-order chi connectivity index (χ0) is 19.1. The van der Waals surface area contributed by atoms with Crippen molar-refractivity contribution >= 4 is 5.91 Å². The molecule has 1 amide bonds. The van der Waals surface area contributed by atoms with Crippen molar-refractivity contribution < 1.29 is 9.90 Å². The molecule has 1 atom stereocenters. The number of carbonyl (C=O) groups is 1. The van der Waals surface area contributed by atoms with Gasteiger partial charge in [-0.2, -0.15) is 0 Å². The standard InChI is InChI=1S/C23H26N2O2/c24-22(17-26)23(27)25-14-12-21(13-15-25)16-20-10-8-19(9-11-20)7-6-18-4-2-1-3-5-18/h1-5,8-11,21-22,26H,12-17,24H2. The van der Waals surface area contributed by atoms with E-state index in [9.17, 15) is 4.79 Å². The topological polar surface area (TPSA) is 66.6 Å². The average Bonchev–Trinajstić information content (AvgIpc) is 2.73. The van der Waals surface area contributed by atoms with Crippen LogP contribution >= 0.6 is 0 Å². The molecule has 0 radical (unpaired) electrons. The predicted molar refractivity (Wildman–Crippen MR) is 107 cm³/mol. The van der Waals surface area contributed by atoms with Gasteiger partial charge in [0.1, 0.15) is 6.04 Å². The summed E-state index contributed by atoms with van der Waals surface area (Å²) in [6, 6.07) is 17.6. The molecule has 2 aromatic carbocycles. The maximum Gasteiger partial charge on any atom is 0.241 e. The largest absolute Gasteiger partial charge is 0.394 e. The summed E-state index contributed by atoms with van der Waals surface area (Å²) in [5, 5.41) is 9.03. The summed E-state index contributed by atoms with van der Waals surface area (Å²) in [6.45, 7) is 1.15. The molecule has 2 aromatic rings. The maximum atomic E-state index is 12.0. The van der Waals surface area contributed by atoms with Gasteiger partial charge in [0.15, 0.2) is 0 Å². The smallest absolute Gasteiger partial charge is 0.241 e. The van der Waals surface area contributed by atoms with Crippen LogP contribution in [0.5, 0.6) is 0 Å². The lowest BCUT2D eigenvalue weighted by Crippen LogP contribution is -2.48. The molecule has 3 rings (SSSR count). The lowest BCUT2D eigenvalue weighted by atomic mass is 9.89. The molecule has 1 fully saturated rings. The van der Waals surface area contributed by atoms with E-state index in [0.29, 0.717) is 5.92 Å². The third kappa shape index (κ3) is 5.43. The zero-order valence-electron chi connectivity index (χ0n) is 15.5. The fraction of sp³-hybridized carbons (Fsp3) is 0.348. The molecule has 1 aliphatic rings. The molecule has 0 saturated carbocycles. The van der Waals surface area contributed by atoms with Crippen LogP contribution in [0.4, 0.5) is 0 Å². The number of amides is 1. The van der Waals surface area contributed by atoms with E-state index in [1.807, 2.05) is 30.3 Å². The Kier molecular flexibility index (Phi) is 6.64. The van der Waals surface area contributed by atoms with Crippen molar-refractivity contribution in [3.05, 3.63) is 71.3 Å². The second-order valence-corrected chi connectivity index (χ2v) is 7.07. The molecule has 0 aromatic heterocycles. The third-order valence-corrected chi connectivity index (χ3v) is 5.04. The van der Waals surface area contributed by atoms with E-state index < -0.39 is 6.04 Å². The molecule has 1 saturated heterocycles. The molecule has 140 valence electrons. The van der Waals surface area contributed by atoms with E-state index in [-0.39, 0.29) is 12.5 Å². The molecule has 3 N–H and O–H groups in total. The number of nitrogens with two attached hydrogens (primary N) is 1. The van der Waals surface area contributed by atoms with Crippen molar-refractivity contribution in [1.82, 2.24) is 4.90 Å². The minimum Gasteiger partial charge on any atom is -0.394 e. The minimum atomic E-state index is -0.786. The number of aliphatic hydroxyl groups is 1. The second-order valence-electron chi connectivity index (χ2n) is 7.07. The molecule has 1 unspecified atom stereocenters. The van der Waals surface area contributed by atoms with Crippen molar-refractivity contribution in [2.24, 2.45) is 11.7 Å². The Morgan fingerprint density at radius 2 is 1.63 bits per heavy atom. The highest BCUT2D eigenvalue weighted by molar-refractivity contribution is 5.81. The van der Waals surface area contributed by atoms with Gasteiger partial charge in [0.05, 0.1) is 6.61 Å². The van der Waals surface area contributed by atoms with Gasteiger partial charge in [-0.1, -0.05) is 42.2 Å². The van der Waals surface area contributed by atoms with Crippen LogP contribution in [-0.2, 0) is 11.2 Å². The fourth-order valence-corrected chi connectivity index (χ4v) is 3.39. The van der Waals surface area contributed by atoms with Crippen LogP contribution in [0.15, 0.2) is 54.6 Å². The Morgan fingerprint density at radius 3 is 2.22 bits per heavy atom. The maximum absolute atomic E-state index is 12.0. The van der Waals surface area contributed by atoms with Gasteiger partial charge < -0.3 is 15.7 Å². The van der Waals surface area contributed by atoms with Gasteiger partial charge >= 0.3 is 0 Å². The van der Waals surface area contributed by atoms with Crippen LogP contribution in [0, 0.1) is 17.8 Å². The Morgan fingerprint density at radius 1 is 1.04 bits per heavy atom. The van der Waals surface area contributed by atoms with Gasteiger partial charge in [-0.05, 0) is 55.0 Å². The summed E-state index contributed by atoms with van der Waals surface area (Å²) in [5.74, 6) is 6.80. The first-order valence-electron chi connectivity index (χ1n) is 9.47. The number of piperidine rings is 1. The van der Waals surface area contributed by atoms with E-state index >= 15 is 0 Å². The number of likely N-dealkylation sites (tertiary alicyclic amines) is 1. The lowest BCUT2D eigenvalue weighted by molar-refractivity contribution is -0.134. The molecule has 1 aliphatic heterocycles. The summed E-state index contributed by atoms with van der Waals surface area (Å²) in [6.07, 6.45) is 2.96. The van der Waals surface area contributed by atoms with Gasteiger partial charge in [0, 0.05) is 24.2 Å². The fourth-order valence-electron chi connectivity index (χ4n) is 3.39. The SMILES string of the molecule is NC(CO)C(=O)N1CCC(Cc2ccc(C#Cc3ccccc3)cc2)CC1. The van der Waals surface area contributed by atoms with Crippen molar-refractivity contribution in [3.63, 3.8) is 0 Å². The summed E-state index contributed by atoms with van der Waals surface area (Å²) in [7, 11) is 0. The first kappa shape index (κ1) is 19.2. The third-order valence-electron chi connectivity index (χ3n) is 5.04. The quantitative estimate of drug-likeness (QED) is 0.820. The highest BCUT2D eigenvalue weighted by atomic mass is 16.3. The molecule has 1 heterocycles. The molecule has 0 spiro atoms. The molecule has 0 bridgehead atoms. The van der Waals surface area contributed by atoms with Crippen LogP contribution in [0.3, 0.4) is 0 Å². The Bertz CT molecular complexity index is 798. The number of hydrogen-bond donors (Lipinski definition) is 2. The average molecular weight is 362 g/mol. The van der Waals surface area contributed by atoms with Gasteiger partial charge in [0.2, 0.25) is 5.91 Å². The van der Waals surface area contributed by atoms with Gasteiger partial charge in [0.25, 0.3) is 0 Å². The highest BCUT2D eigenvalue weighted by Crippen LogP contribution is 2.22. The summed E-state index contributed by atoms with van der Waals surface area (Å²) in [4.78, 5) is 13.8. The number of rotatable bonds is 4. The molecular formula is C23H26N2O2. The second kappa shape index (κ2) is 9.36. The summed E-state index contributed by atoms with van der Waals surface area (Å²) in [5.41, 5.74) is 8.96. The Balaban J connectivity index is 1.51. The van der Waals surface area contributed by atoms with Crippen LogP contribution < -0.4 is 5.73 Å². The van der Waals surface area contributed by atoms with Gasteiger partial charge in [-0.15, -0.1) is 0 Å². The first-order valence-corrected chi connectivity index (χ1v) is 9.47. The van der Waals surface area contributed by atoms with E-state index in [1.54, 1.807) is 4.90 Å².